The van der Waals surface area contributed by atoms with Gasteiger partial charge in [-0.2, -0.15) is 0 Å². The fourth-order valence-electron chi connectivity index (χ4n) is 4.08. The minimum absolute atomic E-state index is 0.0505. The maximum Gasteiger partial charge on any atom is 0.223 e. The molecule has 0 unspecified atom stereocenters. The second kappa shape index (κ2) is 8.10. The summed E-state index contributed by atoms with van der Waals surface area (Å²) >= 11 is 6.04. The SMILES string of the molecule is CC[C@@H](CN(C)S(=O)(=O)C1CC1)N1C(=O)CC[C@H](C)[C@H]1c1ccc(Cl)cc1. The van der Waals surface area contributed by atoms with Crippen LogP contribution in [0.25, 0.3) is 0 Å². The Balaban J connectivity index is 1.88. The standard InChI is InChI=1S/C20H29ClN2O3S/c1-4-17(13-22(3)27(25,26)18-10-11-18)23-19(24)12-5-14(2)20(23)15-6-8-16(21)9-7-15/h6-9,14,17-18,20H,4-5,10-13H2,1-3H3/t14-,17-,20-/m0/s1. The molecule has 0 radical (unpaired) electrons. The summed E-state index contributed by atoms with van der Waals surface area (Å²) in [4.78, 5) is 14.8. The van der Waals surface area contributed by atoms with Gasteiger partial charge in [0.15, 0.2) is 0 Å². The number of benzene rings is 1. The third kappa shape index (κ3) is 4.33. The van der Waals surface area contributed by atoms with Gasteiger partial charge in [0.25, 0.3) is 0 Å². The molecule has 2 aliphatic rings. The molecule has 1 aliphatic carbocycles. The summed E-state index contributed by atoms with van der Waals surface area (Å²) in [7, 11) is -1.61. The summed E-state index contributed by atoms with van der Waals surface area (Å²) in [6.07, 6.45) is 3.57. The van der Waals surface area contributed by atoms with E-state index in [1.54, 1.807) is 7.05 Å². The topological polar surface area (TPSA) is 57.7 Å². The first-order valence-corrected chi connectivity index (χ1v) is 11.7. The van der Waals surface area contributed by atoms with Gasteiger partial charge >= 0.3 is 0 Å². The molecule has 0 N–H and O–H groups in total. The van der Waals surface area contributed by atoms with E-state index in [1.165, 1.54) is 4.31 Å². The average molecular weight is 413 g/mol. The fourth-order valence-corrected chi connectivity index (χ4v) is 5.83. The van der Waals surface area contributed by atoms with E-state index in [9.17, 15) is 13.2 Å². The average Bonchev–Trinajstić information content (AvgIpc) is 3.48. The molecule has 3 rings (SSSR count). The number of piperidine rings is 1. The highest BCUT2D eigenvalue weighted by Crippen LogP contribution is 2.39. The minimum Gasteiger partial charge on any atom is -0.331 e. The number of likely N-dealkylation sites (N-methyl/N-ethyl adjacent to an activating group) is 1. The van der Waals surface area contributed by atoms with Crippen LogP contribution in [0.2, 0.25) is 5.02 Å². The van der Waals surface area contributed by atoms with Crippen molar-refractivity contribution in [1.82, 2.24) is 9.21 Å². The van der Waals surface area contributed by atoms with Crippen LogP contribution >= 0.6 is 11.6 Å². The molecule has 150 valence electrons. The highest BCUT2D eigenvalue weighted by atomic mass is 35.5. The van der Waals surface area contributed by atoms with E-state index in [2.05, 4.69) is 6.92 Å². The Morgan fingerprint density at radius 1 is 1.22 bits per heavy atom. The molecule has 1 aliphatic heterocycles. The number of carbonyl (C=O) groups excluding carboxylic acids is 1. The number of hydrogen-bond donors (Lipinski definition) is 0. The number of likely N-dealkylation sites (tertiary alicyclic amines) is 1. The number of rotatable bonds is 7. The van der Waals surface area contributed by atoms with E-state index in [0.29, 0.717) is 30.3 Å². The molecule has 1 amide bonds. The first-order chi connectivity index (χ1) is 12.8. The molecule has 3 atom stereocenters. The van der Waals surface area contributed by atoms with Gasteiger partial charge in [0.2, 0.25) is 15.9 Å². The predicted molar refractivity (Wildman–Crippen MR) is 108 cm³/mol. The molecule has 1 saturated heterocycles. The van der Waals surface area contributed by atoms with Crippen LogP contribution < -0.4 is 0 Å². The van der Waals surface area contributed by atoms with Crippen molar-refractivity contribution in [1.29, 1.82) is 0 Å². The lowest BCUT2D eigenvalue weighted by atomic mass is 9.84. The minimum atomic E-state index is -3.25. The zero-order valence-corrected chi connectivity index (χ0v) is 17.8. The smallest absolute Gasteiger partial charge is 0.223 e. The Hall–Kier alpha value is -1.11. The molecule has 5 nitrogen and oxygen atoms in total. The van der Waals surface area contributed by atoms with Crippen molar-refractivity contribution in [2.75, 3.05) is 13.6 Å². The van der Waals surface area contributed by atoms with E-state index < -0.39 is 10.0 Å². The largest absolute Gasteiger partial charge is 0.331 e. The third-order valence-corrected chi connectivity index (χ3v) is 8.45. The van der Waals surface area contributed by atoms with Gasteiger partial charge in [-0.15, -0.1) is 0 Å². The Labute approximate surface area is 167 Å². The molecular weight excluding hydrogens is 384 g/mol. The first kappa shape index (κ1) is 20.6. The maximum absolute atomic E-state index is 12.9. The van der Waals surface area contributed by atoms with Crippen molar-refractivity contribution in [2.24, 2.45) is 5.92 Å². The zero-order valence-electron chi connectivity index (χ0n) is 16.3. The van der Waals surface area contributed by atoms with Crippen LogP contribution in [0.4, 0.5) is 0 Å². The van der Waals surface area contributed by atoms with Crippen molar-refractivity contribution in [2.45, 2.75) is 63.3 Å². The van der Waals surface area contributed by atoms with Gasteiger partial charge in [0, 0.05) is 31.1 Å². The summed E-state index contributed by atoms with van der Waals surface area (Å²) in [5.74, 6) is 0.417. The molecule has 1 heterocycles. The molecule has 0 bridgehead atoms. The van der Waals surface area contributed by atoms with Crippen LogP contribution in [0.1, 0.15) is 57.6 Å². The van der Waals surface area contributed by atoms with E-state index in [1.807, 2.05) is 36.1 Å². The number of carbonyl (C=O) groups is 1. The molecule has 2 fully saturated rings. The lowest BCUT2D eigenvalue weighted by Gasteiger charge is -2.45. The van der Waals surface area contributed by atoms with Crippen LogP contribution in [0.5, 0.6) is 0 Å². The van der Waals surface area contributed by atoms with E-state index in [-0.39, 0.29) is 23.2 Å². The van der Waals surface area contributed by atoms with Crippen LogP contribution in [-0.4, -0.2) is 48.4 Å². The van der Waals surface area contributed by atoms with Crippen molar-refractivity contribution in [3.8, 4) is 0 Å². The summed E-state index contributed by atoms with van der Waals surface area (Å²) < 4.78 is 26.6. The zero-order chi connectivity index (χ0) is 19.8. The van der Waals surface area contributed by atoms with Crippen LogP contribution in [0.3, 0.4) is 0 Å². The van der Waals surface area contributed by atoms with Gasteiger partial charge in [-0.1, -0.05) is 37.6 Å². The normalized spacial score (nSPS) is 25.1. The molecule has 1 aromatic rings. The van der Waals surface area contributed by atoms with Gasteiger partial charge < -0.3 is 4.90 Å². The third-order valence-electron chi connectivity index (χ3n) is 5.86. The van der Waals surface area contributed by atoms with Crippen molar-refractivity contribution in [3.63, 3.8) is 0 Å². The van der Waals surface area contributed by atoms with E-state index in [4.69, 9.17) is 11.6 Å². The highest BCUT2D eigenvalue weighted by Gasteiger charge is 2.42. The maximum atomic E-state index is 12.9. The van der Waals surface area contributed by atoms with Crippen molar-refractivity contribution >= 4 is 27.5 Å². The lowest BCUT2D eigenvalue weighted by Crippen LogP contribution is -2.52. The Kier molecular flexibility index (Phi) is 6.18. The first-order valence-electron chi connectivity index (χ1n) is 9.77. The molecule has 7 heteroatoms. The Morgan fingerprint density at radius 2 is 1.85 bits per heavy atom. The van der Waals surface area contributed by atoms with Gasteiger partial charge in [-0.05, 0) is 49.3 Å². The monoisotopic (exact) mass is 412 g/mol. The van der Waals surface area contributed by atoms with Gasteiger partial charge in [-0.3, -0.25) is 4.79 Å². The van der Waals surface area contributed by atoms with E-state index >= 15 is 0 Å². The molecule has 27 heavy (non-hydrogen) atoms. The van der Waals surface area contributed by atoms with Crippen molar-refractivity contribution < 1.29 is 13.2 Å². The van der Waals surface area contributed by atoms with Gasteiger partial charge in [0.1, 0.15) is 0 Å². The summed E-state index contributed by atoms with van der Waals surface area (Å²) in [5.41, 5.74) is 1.06. The second-order valence-electron chi connectivity index (χ2n) is 7.90. The van der Waals surface area contributed by atoms with Crippen LogP contribution in [0, 0.1) is 5.92 Å². The summed E-state index contributed by atoms with van der Waals surface area (Å²) in [6.45, 7) is 4.53. The quantitative estimate of drug-likeness (QED) is 0.683. The molecule has 1 saturated carbocycles. The van der Waals surface area contributed by atoms with E-state index in [0.717, 1.165) is 24.8 Å². The predicted octanol–water partition coefficient (Wildman–Crippen LogP) is 3.84. The number of sulfonamides is 1. The lowest BCUT2D eigenvalue weighted by molar-refractivity contribution is -0.142. The second-order valence-corrected chi connectivity index (χ2v) is 10.7. The highest BCUT2D eigenvalue weighted by molar-refractivity contribution is 7.90. The fraction of sp³-hybridized carbons (Fsp3) is 0.650. The van der Waals surface area contributed by atoms with Crippen molar-refractivity contribution in [3.05, 3.63) is 34.9 Å². The molecular formula is C20H29ClN2O3S. The summed E-state index contributed by atoms with van der Waals surface area (Å²) in [5, 5.41) is 0.436. The molecule has 0 spiro atoms. The number of nitrogens with zero attached hydrogens (tertiary/aromatic N) is 2. The molecule has 1 aromatic carbocycles. The summed E-state index contributed by atoms with van der Waals surface area (Å²) in [6, 6.07) is 7.47. The Morgan fingerprint density at radius 3 is 2.41 bits per heavy atom. The number of halogens is 1. The Bertz CT molecular complexity index is 777. The van der Waals surface area contributed by atoms with Crippen LogP contribution in [0.15, 0.2) is 24.3 Å². The molecule has 0 aromatic heterocycles. The van der Waals surface area contributed by atoms with Crippen LogP contribution in [-0.2, 0) is 14.8 Å². The van der Waals surface area contributed by atoms with Gasteiger partial charge in [0.05, 0.1) is 11.3 Å². The van der Waals surface area contributed by atoms with Gasteiger partial charge in [-0.25, -0.2) is 12.7 Å². The number of hydrogen-bond acceptors (Lipinski definition) is 3. The number of amides is 1.